The molecule has 1 aromatic heterocycles. The lowest BCUT2D eigenvalue weighted by atomic mass is 10.1. The number of benzene rings is 2. The van der Waals surface area contributed by atoms with Crippen LogP contribution in [0, 0.1) is 10.1 Å². The number of pyridine rings is 1. The molecule has 0 amide bonds. The van der Waals surface area contributed by atoms with Crippen molar-refractivity contribution in [1.29, 1.82) is 0 Å². The largest absolute Gasteiger partial charge is 0.328 e. The Kier molecular flexibility index (Phi) is 3.33. The Balaban J connectivity index is 0.000000267. The summed E-state index contributed by atoms with van der Waals surface area (Å²) in [5, 5.41) is 16.0. The molecule has 0 aliphatic rings. The third-order valence-corrected chi connectivity index (χ3v) is 2.43. The van der Waals surface area contributed by atoms with Gasteiger partial charge in [-0.05, 0) is 18.2 Å². The molecule has 0 atom stereocenters. The molecule has 0 unspecified atom stereocenters. The molecule has 2 aromatic carbocycles. The highest BCUT2D eigenvalue weighted by atomic mass is 16.9. The van der Waals surface area contributed by atoms with E-state index in [1.807, 2.05) is 36.4 Å². The van der Waals surface area contributed by atoms with Gasteiger partial charge in [0.25, 0.3) is 5.09 Å². The summed E-state index contributed by atoms with van der Waals surface area (Å²) in [5.41, 5.74) is 2.12. The van der Waals surface area contributed by atoms with Gasteiger partial charge in [-0.3, -0.25) is 0 Å². The molecule has 0 saturated carbocycles. The van der Waals surface area contributed by atoms with Gasteiger partial charge >= 0.3 is 0 Å². The van der Waals surface area contributed by atoms with Crippen LogP contribution in [0.2, 0.25) is 0 Å². The summed E-state index contributed by atoms with van der Waals surface area (Å²) in [6.45, 7) is 0. The van der Waals surface area contributed by atoms with Crippen molar-refractivity contribution in [2.24, 2.45) is 0 Å². The Bertz CT molecular complexity index is 589. The van der Waals surface area contributed by atoms with Gasteiger partial charge in [0.1, 0.15) is 0 Å². The van der Waals surface area contributed by atoms with E-state index in [1.165, 1.54) is 10.8 Å². The summed E-state index contributed by atoms with van der Waals surface area (Å²) in [5.74, 6) is 0. The molecule has 3 aromatic rings. The number of aromatic nitrogens is 1. The first-order valence-corrected chi connectivity index (χ1v) is 5.24. The molecule has 0 saturated heterocycles. The topological polar surface area (TPSA) is 76.3 Å². The van der Waals surface area contributed by atoms with Crippen molar-refractivity contribution in [1.82, 2.24) is 4.98 Å². The molecule has 0 fully saturated rings. The summed E-state index contributed by atoms with van der Waals surface area (Å²) in [7, 11) is 0. The van der Waals surface area contributed by atoms with Crippen molar-refractivity contribution in [3.8, 4) is 0 Å². The molecular weight excluding hydrogens is 232 g/mol. The van der Waals surface area contributed by atoms with Crippen molar-refractivity contribution >= 4 is 21.8 Å². The Morgan fingerprint density at radius 3 is 1.78 bits per heavy atom. The first kappa shape index (κ1) is 11.8. The Hall–Kier alpha value is -2.69. The van der Waals surface area contributed by atoms with E-state index >= 15 is 0 Å². The number of hydrogen-bond acceptors (Lipinski definition) is 3. The molecular formula is C13H10N2O3. The van der Waals surface area contributed by atoms with Crippen molar-refractivity contribution in [3.63, 3.8) is 0 Å². The van der Waals surface area contributed by atoms with Gasteiger partial charge in [-0.25, -0.2) is 4.98 Å². The van der Waals surface area contributed by atoms with Crippen LogP contribution in [-0.4, -0.2) is 15.3 Å². The quantitative estimate of drug-likeness (QED) is 0.373. The first-order valence-electron chi connectivity index (χ1n) is 5.24. The molecule has 1 heterocycles. The summed E-state index contributed by atoms with van der Waals surface area (Å²) >= 11 is 0. The molecule has 0 spiro atoms. The summed E-state index contributed by atoms with van der Waals surface area (Å²) in [6, 6.07) is 18.6. The SMILES string of the molecule is O=[N+]([O-])O.c1ccc2nc3ccccc3cc2c1. The smallest absolute Gasteiger partial charge is 0.291 e. The average molecular weight is 242 g/mol. The Morgan fingerprint density at radius 1 is 0.944 bits per heavy atom. The first-order chi connectivity index (χ1) is 8.66. The highest BCUT2D eigenvalue weighted by Gasteiger charge is 1.96. The maximum absolute atomic E-state index is 8.36. The van der Waals surface area contributed by atoms with E-state index in [0.717, 1.165) is 11.0 Å². The molecule has 3 rings (SSSR count). The van der Waals surface area contributed by atoms with Crippen molar-refractivity contribution in [2.45, 2.75) is 0 Å². The van der Waals surface area contributed by atoms with Crippen LogP contribution in [0.5, 0.6) is 0 Å². The maximum atomic E-state index is 8.36. The molecule has 0 aliphatic heterocycles. The number of nitrogens with zero attached hydrogens (tertiary/aromatic N) is 2. The van der Waals surface area contributed by atoms with Gasteiger partial charge in [-0.2, -0.15) is 0 Å². The minimum atomic E-state index is -1.50. The van der Waals surface area contributed by atoms with Crippen LogP contribution in [0.25, 0.3) is 21.8 Å². The molecule has 5 nitrogen and oxygen atoms in total. The van der Waals surface area contributed by atoms with E-state index in [4.69, 9.17) is 15.3 Å². The lowest BCUT2D eigenvalue weighted by Gasteiger charge is -1.99. The average Bonchev–Trinajstić information content (AvgIpc) is 2.35. The highest BCUT2D eigenvalue weighted by Crippen LogP contribution is 2.18. The van der Waals surface area contributed by atoms with Gasteiger partial charge < -0.3 is 5.21 Å². The van der Waals surface area contributed by atoms with Crippen LogP contribution >= 0.6 is 0 Å². The van der Waals surface area contributed by atoms with Crippen LogP contribution in [0.4, 0.5) is 0 Å². The zero-order valence-corrected chi connectivity index (χ0v) is 9.35. The zero-order chi connectivity index (χ0) is 13.0. The third-order valence-electron chi connectivity index (χ3n) is 2.43. The lowest BCUT2D eigenvalue weighted by molar-refractivity contribution is -0.742. The summed E-state index contributed by atoms with van der Waals surface area (Å²) in [6.07, 6.45) is 0. The number of hydrogen-bond donors (Lipinski definition) is 1. The van der Waals surface area contributed by atoms with Gasteiger partial charge in [0.15, 0.2) is 0 Å². The van der Waals surface area contributed by atoms with Gasteiger partial charge in [-0.1, -0.05) is 36.4 Å². The fourth-order valence-corrected chi connectivity index (χ4v) is 1.72. The number of rotatable bonds is 0. The van der Waals surface area contributed by atoms with Crippen LogP contribution < -0.4 is 0 Å². The summed E-state index contributed by atoms with van der Waals surface area (Å²) in [4.78, 5) is 12.9. The Morgan fingerprint density at radius 2 is 1.33 bits per heavy atom. The zero-order valence-electron chi connectivity index (χ0n) is 9.35. The minimum Gasteiger partial charge on any atom is -0.328 e. The fraction of sp³-hybridized carbons (Fsp3) is 0. The van der Waals surface area contributed by atoms with Gasteiger partial charge in [0.2, 0.25) is 0 Å². The highest BCUT2D eigenvalue weighted by molar-refractivity contribution is 5.92. The van der Waals surface area contributed by atoms with Crippen LogP contribution in [0.15, 0.2) is 54.6 Å². The molecule has 18 heavy (non-hydrogen) atoms. The molecule has 0 radical (unpaired) electrons. The predicted molar refractivity (Wildman–Crippen MR) is 68.0 cm³/mol. The van der Waals surface area contributed by atoms with Gasteiger partial charge in [-0.15, -0.1) is 10.1 Å². The van der Waals surface area contributed by atoms with Crippen LogP contribution in [-0.2, 0) is 0 Å². The molecule has 1 N–H and O–H groups in total. The van der Waals surface area contributed by atoms with E-state index in [1.54, 1.807) is 0 Å². The van der Waals surface area contributed by atoms with E-state index in [-0.39, 0.29) is 0 Å². The van der Waals surface area contributed by atoms with Crippen molar-refractivity contribution in [2.75, 3.05) is 0 Å². The van der Waals surface area contributed by atoms with E-state index in [9.17, 15) is 0 Å². The standard InChI is InChI=1S/C13H9N.HNO3/c1-3-7-12-10(5-1)9-11-6-2-4-8-13(11)14-12;2-1(3)4/h1-9H;(H,2,3,4). The minimum absolute atomic E-state index is 1.06. The van der Waals surface area contributed by atoms with Gasteiger partial charge in [0, 0.05) is 10.8 Å². The number of fused-ring (bicyclic) bond motifs is 2. The molecule has 5 heteroatoms. The Labute approximate surface area is 102 Å². The van der Waals surface area contributed by atoms with Crippen LogP contribution in [0.1, 0.15) is 0 Å². The summed E-state index contributed by atoms with van der Waals surface area (Å²) < 4.78 is 0. The second-order valence-electron chi connectivity index (χ2n) is 3.61. The fourth-order valence-electron chi connectivity index (χ4n) is 1.72. The maximum Gasteiger partial charge on any atom is 0.291 e. The molecule has 90 valence electrons. The van der Waals surface area contributed by atoms with E-state index in [2.05, 4.69) is 23.2 Å². The lowest BCUT2D eigenvalue weighted by Crippen LogP contribution is -1.81. The van der Waals surface area contributed by atoms with Crippen molar-refractivity contribution in [3.05, 3.63) is 64.7 Å². The molecule has 0 bridgehead atoms. The normalized spacial score (nSPS) is 9.78. The van der Waals surface area contributed by atoms with Crippen LogP contribution in [0.3, 0.4) is 0 Å². The monoisotopic (exact) mass is 242 g/mol. The number of para-hydroxylation sites is 2. The second-order valence-corrected chi connectivity index (χ2v) is 3.61. The van der Waals surface area contributed by atoms with Crippen molar-refractivity contribution < 1.29 is 10.3 Å². The third kappa shape index (κ3) is 2.70. The van der Waals surface area contributed by atoms with E-state index in [0.29, 0.717) is 0 Å². The van der Waals surface area contributed by atoms with E-state index < -0.39 is 5.09 Å². The molecule has 0 aliphatic carbocycles. The van der Waals surface area contributed by atoms with Gasteiger partial charge in [0.05, 0.1) is 11.0 Å². The predicted octanol–water partition coefficient (Wildman–Crippen LogP) is 3.04. The second kappa shape index (κ2) is 5.09.